The van der Waals surface area contributed by atoms with Gasteiger partial charge < -0.3 is 24.3 Å². The second-order valence-corrected chi connectivity index (χ2v) is 7.08. The van der Waals surface area contributed by atoms with Gasteiger partial charge >= 0.3 is 0 Å². The first kappa shape index (κ1) is 22.4. The lowest BCUT2D eigenvalue weighted by Gasteiger charge is -2.14. The molecular formula is C23H31NO5. The fourth-order valence-electron chi connectivity index (χ4n) is 2.82. The first-order valence-electron chi connectivity index (χ1n) is 9.78. The summed E-state index contributed by atoms with van der Waals surface area (Å²) in [7, 11) is 4.82. The largest absolute Gasteiger partial charge is 0.497 e. The van der Waals surface area contributed by atoms with Gasteiger partial charge in [0.05, 0.1) is 27.9 Å². The fraction of sp³-hybridized carbons (Fsp3) is 0.435. The monoisotopic (exact) mass is 401 g/mol. The van der Waals surface area contributed by atoms with Gasteiger partial charge in [0.1, 0.15) is 11.5 Å². The zero-order chi connectivity index (χ0) is 21.2. The van der Waals surface area contributed by atoms with E-state index in [-0.39, 0.29) is 5.91 Å². The predicted molar refractivity (Wildman–Crippen MR) is 114 cm³/mol. The zero-order valence-corrected chi connectivity index (χ0v) is 17.9. The lowest BCUT2D eigenvalue weighted by Crippen LogP contribution is -2.25. The van der Waals surface area contributed by atoms with Gasteiger partial charge in [0, 0.05) is 12.1 Å². The molecule has 0 saturated heterocycles. The number of benzene rings is 2. The van der Waals surface area contributed by atoms with Crippen LogP contribution in [0.1, 0.15) is 36.2 Å². The van der Waals surface area contributed by atoms with E-state index in [4.69, 9.17) is 18.9 Å². The van der Waals surface area contributed by atoms with Crippen molar-refractivity contribution in [3.63, 3.8) is 0 Å². The summed E-state index contributed by atoms with van der Waals surface area (Å²) in [6.07, 6.45) is 1.58. The highest BCUT2D eigenvalue weighted by molar-refractivity contribution is 5.94. The number of nitrogens with one attached hydrogen (secondary N) is 1. The number of carbonyl (C=O) groups excluding carboxylic acids is 1. The molecule has 0 aliphatic carbocycles. The van der Waals surface area contributed by atoms with Gasteiger partial charge in [-0.05, 0) is 60.7 Å². The number of amides is 1. The lowest BCUT2D eigenvalue weighted by molar-refractivity contribution is 0.0953. The number of carbonyl (C=O) groups is 1. The van der Waals surface area contributed by atoms with Crippen molar-refractivity contribution in [3.8, 4) is 23.0 Å². The Morgan fingerprint density at radius 1 is 0.931 bits per heavy atom. The van der Waals surface area contributed by atoms with E-state index < -0.39 is 0 Å². The van der Waals surface area contributed by atoms with Gasteiger partial charge in [-0.25, -0.2) is 0 Å². The van der Waals surface area contributed by atoms with Gasteiger partial charge in [0.15, 0.2) is 11.5 Å². The van der Waals surface area contributed by atoms with Crippen molar-refractivity contribution >= 4 is 5.91 Å². The van der Waals surface area contributed by atoms with Crippen molar-refractivity contribution in [1.29, 1.82) is 0 Å². The van der Waals surface area contributed by atoms with Crippen molar-refractivity contribution < 1.29 is 23.7 Å². The summed E-state index contributed by atoms with van der Waals surface area (Å²) in [4.78, 5) is 12.5. The van der Waals surface area contributed by atoms with Crippen molar-refractivity contribution in [1.82, 2.24) is 5.32 Å². The van der Waals surface area contributed by atoms with E-state index in [9.17, 15) is 4.79 Å². The molecule has 2 rings (SSSR count). The Hall–Kier alpha value is -2.89. The van der Waals surface area contributed by atoms with Gasteiger partial charge in [-0.3, -0.25) is 4.79 Å². The van der Waals surface area contributed by atoms with Gasteiger partial charge in [-0.1, -0.05) is 13.8 Å². The summed E-state index contributed by atoms with van der Waals surface area (Å²) >= 11 is 0. The second kappa shape index (κ2) is 11.2. The quantitative estimate of drug-likeness (QED) is 0.614. The first-order valence-corrected chi connectivity index (χ1v) is 9.78. The minimum Gasteiger partial charge on any atom is -0.497 e. The molecule has 1 amide bonds. The highest BCUT2D eigenvalue weighted by Gasteiger charge is 2.12. The molecule has 1 N–H and O–H groups in total. The van der Waals surface area contributed by atoms with Crippen LogP contribution in [0.2, 0.25) is 0 Å². The highest BCUT2D eigenvalue weighted by Crippen LogP contribution is 2.28. The van der Waals surface area contributed by atoms with Crippen molar-refractivity contribution in [3.05, 3.63) is 47.5 Å². The molecule has 2 aromatic carbocycles. The summed E-state index contributed by atoms with van der Waals surface area (Å²) in [6.45, 7) is 5.38. The topological polar surface area (TPSA) is 66.0 Å². The van der Waals surface area contributed by atoms with Crippen LogP contribution in [0.25, 0.3) is 0 Å². The smallest absolute Gasteiger partial charge is 0.251 e. The normalized spacial score (nSPS) is 10.6. The molecule has 0 aromatic heterocycles. The lowest BCUT2D eigenvalue weighted by atomic mass is 10.1. The summed E-state index contributed by atoms with van der Waals surface area (Å²) in [6, 6.07) is 10.8. The molecular weight excluding hydrogens is 370 g/mol. The van der Waals surface area contributed by atoms with Crippen molar-refractivity contribution in [2.75, 3.05) is 34.5 Å². The Morgan fingerprint density at radius 3 is 2.31 bits per heavy atom. The third-order valence-electron chi connectivity index (χ3n) is 4.55. The molecule has 0 bridgehead atoms. The maximum atomic E-state index is 12.5. The molecule has 158 valence electrons. The molecule has 6 heteroatoms. The van der Waals surface area contributed by atoms with Crippen LogP contribution >= 0.6 is 0 Å². The predicted octanol–water partition coefficient (Wildman–Crippen LogP) is 4.11. The molecule has 0 radical (unpaired) electrons. The van der Waals surface area contributed by atoms with E-state index in [2.05, 4.69) is 19.2 Å². The van der Waals surface area contributed by atoms with Crippen LogP contribution in [-0.2, 0) is 6.42 Å². The Bertz CT molecular complexity index is 804. The molecule has 29 heavy (non-hydrogen) atoms. The SMILES string of the molecule is COc1ccc(OC)c(CCNC(=O)c2ccc(OCCC(C)C)c(OC)c2)c1. The molecule has 0 saturated carbocycles. The summed E-state index contributed by atoms with van der Waals surface area (Å²) in [5.41, 5.74) is 1.49. The van der Waals surface area contributed by atoms with E-state index in [1.165, 1.54) is 0 Å². The maximum Gasteiger partial charge on any atom is 0.251 e. The minimum atomic E-state index is -0.168. The summed E-state index contributed by atoms with van der Waals surface area (Å²) in [5, 5.41) is 2.93. The molecule has 0 atom stereocenters. The number of hydrogen-bond acceptors (Lipinski definition) is 5. The summed E-state index contributed by atoms with van der Waals surface area (Å²) in [5.74, 6) is 3.12. The van der Waals surface area contributed by atoms with Crippen molar-refractivity contribution in [2.24, 2.45) is 5.92 Å². The van der Waals surface area contributed by atoms with Crippen LogP contribution in [0.15, 0.2) is 36.4 Å². The maximum absolute atomic E-state index is 12.5. The van der Waals surface area contributed by atoms with E-state index >= 15 is 0 Å². The zero-order valence-electron chi connectivity index (χ0n) is 17.9. The van der Waals surface area contributed by atoms with E-state index in [1.54, 1.807) is 39.5 Å². The summed E-state index contributed by atoms with van der Waals surface area (Å²) < 4.78 is 21.8. The van der Waals surface area contributed by atoms with Gasteiger partial charge in [-0.15, -0.1) is 0 Å². The average molecular weight is 402 g/mol. The second-order valence-electron chi connectivity index (χ2n) is 7.08. The molecule has 0 aliphatic heterocycles. The molecule has 0 aliphatic rings. The van der Waals surface area contributed by atoms with Crippen LogP contribution in [0.3, 0.4) is 0 Å². The van der Waals surface area contributed by atoms with Crippen LogP contribution < -0.4 is 24.3 Å². The Balaban J connectivity index is 1.97. The van der Waals surface area contributed by atoms with Crippen LogP contribution in [-0.4, -0.2) is 40.4 Å². The molecule has 2 aromatic rings. The van der Waals surface area contributed by atoms with Gasteiger partial charge in [0.25, 0.3) is 5.91 Å². The Kier molecular flexibility index (Phi) is 8.65. The molecule has 0 heterocycles. The molecule has 0 spiro atoms. The third kappa shape index (κ3) is 6.59. The van der Waals surface area contributed by atoms with Gasteiger partial charge in [-0.2, -0.15) is 0 Å². The average Bonchev–Trinajstić information content (AvgIpc) is 2.73. The number of methoxy groups -OCH3 is 3. The third-order valence-corrected chi connectivity index (χ3v) is 4.55. The first-order chi connectivity index (χ1) is 14.0. The minimum absolute atomic E-state index is 0.168. The van der Waals surface area contributed by atoms with E-state index in [0.717, 1.165) is 23.5 Å². The highest BCUT2D eigenvalue weighted by atomic mass is 16.5. The van der Waals surface area contributed by atoms with Gasteiger partial charge in [0.2, 0.25) is 0 Å². The standard InChI is InChI=1S/C23H31NO5/c1-16(2)11-13-29-21-8-6-18(15-22(21)28-5)23(25)24-12-10-17-14-19(26-3)7-9-20(17)27-4/h6-9,14-16H,10-13H2,1-5H3,(H,24,25). The van der Waals surface area contributed by atoms with Crippen LogP contribution in [0.5, 0.6) is 23.0 Å². The Labute approximate surface area is 173 Å². The number of ether oxygens (including phenoxy) is 4. The molecule has 0 unspecified atom stereocenters. The fourth-order valence-corrected chi connectivity index (χ4v) is 2.82. The van der Waals surface area contributed by atoms with E-state index in [0.29, 0.717) is 42.6 Å². The molecule has 0 fully saturated rings. The van der Waals surface area contributed by atoms with Crippen LogP contribution in [0.4, 0.5) is 0 Å². The Morgan fingerprint density at radius 2 is 1.66 bits per heavy atom. The van der Waals surface area contributed by atoms with Crippen LogP contribution in [0, 0.1) is 5.92 Å². The number of rotatable bonds is 11. The molecule has 6 nitrogen and oxygen atoms in total. The number of hydrogen-bond donors (Lipinski definition) is 1. The van der Waals surface area contributed by atoms with Crippen molar-refractivity contribution in [2.45, 2.75) is 26.7 Å². The van der Waals surface area contributed by atoms with E-state index in [1.807, 2.05) is 18.2 Å².